The molecule has 0 saturated carbocycles. The van der Waals surface area contributed by atoms with E-state index in [1.54, 1.807) is 17.4 Å². The van der Waals surface area contributed by atoms with Gasteiger partial charge in [-0.05, 0) is 51.5 Å². The summed E-state index contributed by atoms with van der Waals surface area (Å²) in [6.07, 6.45) is 0. The van der Waals surface area contributed by atoms with Crippen LogP contribution in [0.1, 0.15) is 22.0 Å². The van der Waals surface area contributed by atoms with E-state index in [9.17, 15) is 4.39 Å². The summed E-state index contributed by atoms with van der Waals surface area (Å²) in [5.74, 6) is 5.29. The van der Waals surface area contributed by atoms with Crippen LogP contribution in [0, 0.1) is 12.7 Å². The topological polar surface area (TPSA) is 38.0 Å². The van der Waals surface area contributed by atoms with Gasteiger partial charge in [-0.25, -0.2) is 9.82 Å². The molecular formula is C12H12BrFN2S. The van der Waals surface area contributed by atoms with E-state index >= 15 is 0 Å². The predicted octanol–water partition coefficient (Wildman–Crippen LogP) is 3.51. The number of rotatable bonds is 3. The van der Waals surface area contributed by atoms with E-state index in [2.05, 4.69) is 21.4 Å². The number of benzene rings is 1. The lowest BCUT2D eigenvalue weighted by molar-refractivity contribution is 0.598. The molecule has 0 aliphatic rings. The second kappa shape index (κ2) is 5.27. The van der Waals surface area contributed by atoms with Crippen LogP contribution in [-0.2, 0) is 0 Å². The van der Waals surface area contributed by atoms with Crippen molar-refractivity contribution in [2.45, 2.75) is 13.0 Å². The summed E-state index contributed by atoms with van der Waals surface area (Å²) in [5.41, 5.74) is 4.57. The molecule has 0 amide bonds. The van der Waals surface area contributed by atoms with Crippen molar-refractivity contribution in [3.63, 3.8) is 0 Å². The molecule has 17 heavy (non-hydrogen) atoms. The highest BCUT2D eigenvalue weighted by Gasteiger charge is 2.18. The zero-order valence-electron chi connectivity index (χ0n) is 9.21. The Morgan fingerprint density at radius 3 is 2.82 bits per heavy atom. The SMILES string of the molecule is Cc1cc(C(NN)c2cccc(F)c2Br)cs1. The molecule has 0 aliphatic carbocycles. The summed E-state index contributed by atoms with van der Waals surface area (Å²) in [7, 11) is 0. The number of thiophene rings is 1. The molecule has 0 aliphatic heterocycles. The maximum Gasteiger partial charge on any atom is 0.137 e. The van der Waals surface area contributed by atoms with E-state index in [1.807, 2.05) is 24.4 Å². The van der Waals surface area contributed by atoms with Crippen molar-refractivity contribution in [2.75, 3.05) is 0 Å². The minimum absolute atomic E-state index is 0.204. The van der Waals surface area contributed by atoms with Gasteiger partial charge in [0.25, 0.3) is 0 Å². The molecule has 1 aromatic carbocycles. The van der Waals surface area contributed by atoms with Crippen molar-refractivity contribution in [3.05, 3.63) is 55.9 Å². The Balaban J connectivity index is 2.45. The van der Waals surface area contributed by atoms with E-state index in [0.29, 0.717) is 4.47 Å². The summed E-state index contributed by atoms with van der Waals surface area (Å²) >= 11 is 4.91. The van der Waals surface area contributed by atoms with Gasteiger partial charge in [-0.2, -0.15) is 0 Å². The summed E-state index contributed by atoms with van der Waals surface area (Å²) in [6.45, 7) is 2.03. The number of hydrogen-bond donors (Lipinski definition) is 2. The van der Waals surface area contributed by atoms with E-state index in [-0.39, 0.29) is 11.9 Å². The van der Waals surface area contributed by atoms with Gasteiger partial charge in [0.15, 0.2) is 0 Å². The second-order valence-corrected chi connectivity index (χ2v) is 5.64. The molecule has 1 heterocycles. The molecule has 90 valence electrons. The molecule has 2 nitrogen and oxygen atoms in total. The molecule has 0 bridgehead atoms. The standard InChI is InChI=1S/C12H12BrFN2S/c1-7-5-8(6-17-7)12(16-15)9-3-2-4-10(14)11(9)13/h2-6,12,16H,15H2,1H3. The fourth-order valence-corrected chi connectivity index (χ4v) is 2.95. The van der Waals surface area contributed by atoms with E-state index in [4.69, 9.17) is 5.84 Å². The predicted molar refractivity (Wildman–Crippen MR) is 72.3 cm³/mol. The highest BCUT2D eigenvalue weighted by molar-refractivity contribution is 9.10. The number of aryl methyl sites for hydroxylation is 1. The number of hydrazine groups is 1. The minimum Gasteiger partial charge on any atom is -0.271 e. The number of nitrogens with two attached hydrogens (primary N) is 1. The van der Waals surface area contributed by atoms with Crippen molar-refractivity contribution < 1.29 is 4.39 Å². The first-order valence-electron chi connectivity index (χ1n) is 5.08. The highest BCUT2D eigenvalue weighted by Crippen LogP contribution is 2.31. The van der Waals surface area contributed by atoms with Crippen LogP contribution in [0.25, 0.3) is 0 Å². The zero-order valence-corrected chi connectivity index (χ0v) is 11.6. The molecule has 1 unspecified atom stereocenters. The van der Waals surface area contributed by atoms with Gasteiger partial charge in [0.1, 0.15) is 5.82 Å². The smallest absolute Gasteiger partial charge is 0.137 e. The fraction of sp³-hybridized carbons (Fsp3) is 0.167. The molecule has 2 rings (SSSR count). The van der Waals surface area contributed by atoms with Crippen LogP contribution in [0.5, 0.6) is 0 Å². The van der Waals surface area contributed by atoms with Gasteiger partial charge in [0, 0.05) is 4.88 Å². The Kier molecular flexibility index (Phi) is 3.93. The lowest BCUT2D eigenvalue weighted by atomic mass is 10.0. The van der Waals surface area contributed by atoms with Crippen molar-refractivity contribution >= 4 is 27.3 Å². The van der Waals surface area contributed by atoms with Gasteiger partial charge in [-0.15, -0.1) is 11.3 Å². The van der Waals surface area contributed by atoms with Crippen molar-refractivity contribution in [2.24, 2.45) is 5.84 Å². The van der Waals surface area contributed by atoms with Gasteiger partial charge < -0.3 is 0 Å². The Morgan fingerprint density at radius 2 is 2.24 bits per heavy atom. The average Bonchev–Trinajstić information content (AvgIpc) is 2.72. The Labute approximate surface area is 112 Å². The molecule has 1 atom stereocenters. The van der Waals surface area contributed by atoms with Crippen LogP contribution in [0.2, 0.25) is 0 Å². The number of hydrogen-bond acceptors (Lipinski definition) is 3. The lowest BCUT2D eigenvalue weighted by Crippen LogP contribution is -2.28. The van der Waals surface area contributed by atoms with Gasteiger partial charge >= 0.3 is 0 Å². The molecule has 0 radical (unpaired) electrons. The molecule has 0 saturated heterocycles. The van der Waals surface area contributed by atoms with Crippen LogP contribution >= 0.6 is 27.3 Å². The van der Waals surface area contributed by atoms with Crippen LogP contribution in [-0.4, -0.2) is 0 Å². The second-order valence-electron chi connectivity index (χ2n) is 3.73. The maximum atomic E-state index is 13.5. The van der Waals surface area contributed by atoms with E-state index < -0.39 is 0 Å². The molecular weight excluding hydrogens is 303 g/mol. The Bertz CT molecular complexity index is 527. The molecule has 3 N–H and O–H groups in total. The first-order chi connectivity index (χ1) is 8.13. The van der Waals surface area contributed by atoms with Crippen LogP contribution < -0.4 is 11.3 Å². The summed E-state index contributed by atoms with van der Waals surface area (Å²) in [5, 5.41) is 2.03. The third-order valence-electron chi connectivity index (χ3n) is 2.54. The van der Waals surface area contributed by atoms with Gasteiger partial charge in [-0.3, -0.25) is 5.84 Å². The minimum atomic E-state index is -0.283. The first kappa shape index (κ1) is 12.7. The van der Waals surface area contributed by atoms with Crippen molar-refractivity contribution in [1.82, 2.24) is 5.43 Å². The van der Waals surface area contributed by atoms with Gasteiger partial charge in [0.05, 0.1) is 10.5 Å². The number of nitrogens with one attached hydrogen (secondary N) is 1. The number of halogens is 2. The summed E-state index contributed by atoms with van der Waals surface area (Å²) in [6, 6.07) is 6.79. The lowest BCUT2D eigenvalue weighted by Gasteiger charge is -2.17. The highest BCUT2D eigenvalue weighted by atomic mass is 79.9. The molecule has 0 spiro atoms. The van der Waals surface area contributed by atoms with Crippen LogP contribution in [0.4, 0.5) is 4.39 Å². The molecule has 0 fully saturated rings. The van der Waals surface area contributed by atoms with Crippen molar-refractivity contribution in [1.29, 1.82) is 0 Å². The van der Waals surface area contributed by atoms with E-state index in [1.165, 1.54) is 10.9 Å². The molecule has 5 heteroatoms. The zero-order chi connectivity index (χ0) is 12.4. The van der Waals surface area contributed by atoms with E-state index in [0.717, 1.165) is 11.1 Å². The third-order valence-corrected chi connectivity index (χ3v) is 4.26. The Hall–Kier alpha value is -0.750. The fourth-order valence-electron chi connectivity index (χ4n) is 1.72. The Morgan fingerprint density at radius 1 is 1.47 bits per heavy atom. The normalized spacial score (nSPS) is 12.7. The third kappa shape index (κ3) is 2.57. The molecule has 2 aromatic rings. The van der Waals surface area contributed by atoms with Crippen LogP contribution in [0.3, 0.4) is 0 Å². The largest absolute Gasteiger partial charge is 0.271 e. The monoisotopic (exact) mass is 314 g/mol. The first-order valence-corrected chi connectivity index (χ1v) is 6.76. The quantitative estimate of drug-likeness (QED) is 0.672. The molecule has 1 aromatic heterocycles. The summed E-state index contributed by atoms with van der Waals surface area (Å²) in [4.78, 5) is 1.20. The average molecular weight is 315 g/mol. The van der Waals surface area contributed by atoms with Crippen molar-refractivity contribution in [3.8, 4) is 0 Å². The summed E-state index contributed by atoms with van der Waals surface area (Å²) < 4.78 is 13.9. The van der Waals surface area contributed by atoms with Gasteiger partial charge in [0.2, 0.25) is 0 Å². The van der Waals surface area contributed by atoms with Gasteiger partial charge in [-0.1, -0.05) is 12.1 Å². The maximum absolute atomic E-state index is 13.5. The van der Waals surface area contributed by atoms with Crippen LogP contribution in [0.15, 0.2) is 34.1 Å².